The lowest BCUT2D eigenvalue weighted by molar-refractivity contribution is -0.128. The number of hydrogen-bond donors (Lipinski definition) is 0. The molecule has 0 saturated heterocycles. The largest absolute Gasteiger partial charge is 0.497 e. The quantitative estimate of drug-likeness (QED) is 0.480. The lowest BCUT2D eigenvalue weighted by Crippen LogP contribution is -2.03. The zero-order valence-corrected chi connectivity index (χ0v) is 10.8. The number of esters is 1. The molecule has 0 bridgehead atoms. The molecule has 0 N–H and O–H groups in total. The summed E-state index contributed by atoms with van der Waals surface area (Å²) >= 11 is 0. The molecule has 1 aromatic carbocycles. The Hall–Kier alpha value is -2.49. The molecule has 0 atom stereocenters. The highest BCUT2D eigenvalue weighted by Crippen LogP contribution is 2.17. The Morgan fingerprint density at radius 3 is 2.37 bits per heavy atom. The molecule has 0 spiro atoms. The van der Waals surface area contributed by atoms with Gasteiger partial charge in [0, 0.05) is 6.08 Å². The number of ether oxygens (including phenoxy) is 2. The topological polar surface area (TPSA) is 48.7 Å². The second kappa shape index (κ2) is 5.91. The summed E-state index contributed by atoms with van der Waals surface area (Å²) in [4.78, 5) is 11.6. The van der Waals surface area contributed by atoms with Gasteiger partial charge < -0.3 is 13.9 Å². The van der Waals surface area contributed by atoms with Gasteiger partial charge in [-0.25, -0.2) is 4.79 Å². The van der Waals surface area contributed by atoms with Crippen LogP contribution in [0.25, 0.3) is 6.08 Å². The van der Waals surface area contributed by atoms with Crippen LogP contribution in [0.4, 0.5) is 0 Å². The minimum atomic E-state index is -0.459. The molecule has 19 heavy (non-hydrogen) atoms. The zero-order valence-electron chi connectivity index (χ0n) is 10.8. The number of carbonyl (C=O) groups is 1. The van der Waals surface area contributed by atoms with Crippen molar-refractivity contribution in [2.75, 3.05) is 7.11 Å². The van der Waals surface area contributed by atoms with Gasteiger partial charge in [-0.15, -0.1) is 0 Å². The summed E-state index contributed by atoms with van der Waals surface area (Å²) in [6.07, 6.45) is 2.89. The molecule has 1 heterocycles. The van der Waals surface area contributed by atoms with E-state index in [1.165, 1.54) is 6.08 Å². The fourth-order valence-corrected chi connectivity index (χ4v) is 1.49. The van der Waals surface area contributed by atoms with Crippen LogP contribution in [0.2, 0.25) is 0 Å². The van der Waals surface area contributed by atoms with Crippen LogP contribution >= 0.6 is 0 Å². The molecule has 0 amide bonds. The van der Waals surface area contributed by atoms with Gasteiger partial charge >= 0.3 is 5.97 Å². The van der Waals surface area contributed by atoms with Gasteiger partial charge in [0.15, 0.2) is 0 Å². The monoisotopic (exact) mass is 258 g/mol. The third-order valence-corrected chi connectivity index (χ3v) is 2.42. The Bertz CT molecular complexity index is 578. The van der Waals surface area contributed by atoms with Gasteiger partial charge in [0.1, 0.15) is 23.0 Å². The van der Waals surface area contributed by atoms with Crippen molar-refractivity contribution in [1.82, 2.24) is 0 Å². The number of methoxy groups -OCH3 is 1. The van der Waals surface area contributed by atoms with Gasteiger partial charge in [0.25, 0.3) is 0 Å². The van der Waals surface area contributed by atoms with E-state index in [1.54, 1.807) is 43.5 Å². The van der Waals surface area contributed by atoms with E-state index in [2.05, 4.69) is 0 Å². The Morgan fingerprint density at radius 2 is 1.79 bits per heavy atom. The maximum absolute atomic E-state index is 11.6. The molecule has 0 radical (unpaired) electrons. The second-order valence-corrected chi connectivity index (χ2v) is 3.88. The van der Waals surface area contributed by atoms with E-state index >= 15 is 0 Å². The van der Waals surface area contributed by atoms with Crippen LogP contribution in [0.3, 0.4) is 0 Å². The first-order chi connectivity index (χ1) is 9.17. The van der Waals surface area contributed by atoms with Gasteiger partial charge in [-0.3, -0.25) is 0 Å². The summed E-state index contributed by atoms with van der Waals surface area (Å²) in [7, 11) is 1.58. The molecule has 98 valence electrons. The van der Waals surface area contributed by atoms with Crippen LogP contribution in [0.1, 0.15) is 11.5 Å². The number of rotatable bonds is 4. The number of aryl methyl sites for hydroxylation is 1. The standard InChI is InChI=1S/C15H14O4/c1-11-3-4-13(18-11)9-10-15(16)19-14-7-5-12(17-2)6-8-14/h3-10H,1-2H3/b10-9+. The molecule has 4 nitrogen and oxygen atoms in total. The molecule has 2 aromatic rings. The fraction of sp³-hybridized carbons (Fsp3) is 0.133. The Labute approximate surface area is 111 Å². The van der Waals surface area contributed by atoms with Gasteiger partial charge in [-0.05, 0) is 49.4 Å². The smallest absolute Gasteiger partial charge is 0.336 e. The van der Waals surface area contributed by atoms with Gasteiger partial charge in [-0.1, -0.05) is 0 Å². The molecule has 1 aromatic heterocycles. The van der Waals surface area contributed by atoms with Crippen LogP contribution < -0.4 is 9.47 Å². The average Bonchev–Trinajstić information content (AvgIpc) is 2.83. The number of benzene rings is 1. The molecule has 4 heteroatoms. The zero-order chi connectivity index (χ0) is 13.7. The van der Waals surface area contributed by atoms with Crippen molar-refractivity contribution in [2.45, 2.75) is 6.92 Å². The summed E-state index contributed by atoms with van der Waals surface area (Å²) in [6.45, 7) is 1.84. The van der Waals surface area contributed by atoms with Gasteiger partial charge in [-0.2, -0.15) is 0 Å². The highest BCUT2D eigenvalue weighted by atomic mass is 16.5. The molecule has 0 aliphatic carbocycles. The predicted molar refractivity (Wildman–Crippen MR) is 71.1 cm³/mol. The number of carbonyl (C=O) groups excluding carboxylic acids is 1. The SMILES string of the molecule is COc1ccc(OC(=O)/C=C/c2ccc(C)o2)cc1. The molecule has 0 saturated carbocycles. The first-order valence-corrected chi connectivity index (χ1v) is 5.78. The van der Waals surface area contributed by atoms with Crippen LogP contribution in [0, 0.1) is 6.92 Å². The fourth-order valence-electron chi connectivity index (χ4n) is 1.49. The predicted octanol–water partition coefficient (Wildman–Crippen LogP) is 3.22. The number of furan rings is 1. The number of hydrogen-bond acceptors (Lipinski definition) is 4. The van der Waals surface area contributed by atoms with Crippen molar-refractivity contribution in [3.63, 3.8) is 0 Å². The average molecular weight is 258 g/mol. The maximum atomic E-state index is 11.6. The summed E-state index contributed by atoms with van der Waals surface area (Å²) in [5, 5.41) is 0. The Kier molecular flexibility index (Phi) is 4.03. The molecule has 0 unspecified atom stereocenters. The molecule has 2 rings (SSSR count). The van der Waals surface area contributed by atoms with Crippen LogP contribution in [-0.2, 0) is 4.79 Å². The first kappa shape index (κ1) is 13.0. The Morgan fingerprint density at radius 1 is 1.11 bits per heavy atom. The van der Waals surface area contributed by atoms with E-state index in [1.807, 2.05) is 13.0 Å². The summed E-state index contributed by atoms with van der Waals surface area (Å²) in [5.41, 5.74) is 0. The van der Waals surface area contributed by atoms with Crippen LogP contribution in [-0.4, -0.2) is 13.1 Å². The lowest BCUT2D eigenvalue weighted by Gasteiger charge is -2.02. The summed E-state index contributed by atoms with van der Waals surface area (Å²) < 4.78 is 15.4. The molecule has 0 fully saturated rings. The third-order valence-electron chi connectivity index (χ3n) is 2.42. The van der Waals surface area contributed by atoms with Crippen molar-refractivity contribution in [2.24, 2.45) is 0 Å². The molecule has 0 aliphatic rings. The van der Waals surface area contributed by atoms with Gasteiger partial charge in [0.2, 0.25) is 0 Å². The highest BCUT2D eigenvalue weighted by molar-refractivity contribution is 5.88. The summed E-state index contributed by atoms with van der Waals surface area (Å²) in [6, 6.07) is 10.4. The van der Waals surface area contributed by atoms with E-state index in [-0.39, 0.29) is 0 Å². The normalized spacial score (nSPS) is 10.6. The molecular weight excluding hydrogens is 244 g/mol. The van der Waals surface area contributed by atoms with Crippen LogP contribution in [0.5, 0.6) is 11.5 Å². The maximum Gasteiger partial charge on any atom is 0.336 e. The minimum absolute atomic E-state index is 0.459. The van der Waals surface area contributed by atoms with Crippen molar-refractivity contribution in [1.29, 1.82) is 0 Å². The van der Waals surface area contributed by atoms with Gasteiger partial charge in [0.05, 0.1) is 7.11 Å². The minimum Gasteiger partial charge on any atom is -0.497 e. The van der Waals surface area contributed by atoms with E-state index in [4.69, 9.17) is 13.9 Å². The van der Waals surface area contributed by atoms with Crippen LogP contribution in [0.15, 0.2) is 46.9 Å². The lowest BCUT2D eigenvalue weighted by atomic mass is 10.3. The van der Waals surface area contributed by atoms with Crippen molar-refractivity contribution in [3.05, 3.63) is 54.0 Å². The van der Waals surface area contributed by atoms with E-state index in [0.717, 1.165) is 5.76 Å². The van der Waals surface area contributed by atoms with E-state index < -0.39 is 5.97 Å². The van der Waals surface area contributed by atoms with E-state index in [0.29, 0.717) is 17.3 Å². The van der Waals surface area contributed by atoms with Crippen molar-refractivity contribution in [3.8, 4) is 11.5 Å². The Balaban J connectivity index is 1.95. The summed E-state index contributed by atoms with van der Waals surface area (Å²) in [5.74, 6) is 2.12. The first-order valence-electron chi connectivity index (χ1n) is 5.78. The van der Waals surface area contributed by atoms with E-state index in [9.17, 15) is 4.79 Å². The molecule has 0 aliphatic heterocycles. The molecular formula is C15H14O4. The van der Waals surface area contributed by atoms with Crippen molar-refractivity contribution >= 4 is 12.0 Å². The van der Waals surface area contributed by atoms with Crippen molar-refractivity contribution < 1.29 is 18.7 Å². The highest BCUT2D eigenvalue weighted by Gasteiger charge is 2.01. The third kappa shape index (κ3) is 3.74. The second-order valence-electron chi connectivity index (χ2n) is 3.88.